The minimum absolute atomic E-state index is 0.159. The van der Waals surface area contributed by atoms with Crippen LogP contribution in [0.5, 0.6) is 5.75 Å². The number of nitrogens with one attached hydrogen (secondary N) is 1. The Balaban J connectivity index is 1.60. The number of aliphatic imine (C=N–C) groups is 1. The standard InChI is InChI=1S/C23H24N2O3S/c26-22-14-6-2-9-18(22)16-24-20-12-4-5-13-21(20)25-29(27,28)23-15-7-10-17-8-1-3-11-19(17)23/h1-3,6-11,14-16,20-21,25-26H,4-5,12-13H2/t20-,21-/m0/s1. The second-order valence-corrected chi connectivity index (χ2v) is 9.08. The third kappa shape index (κ3) is 4.33. The molecule has 0 spiro atoms. The molecule has 0 aromatic heterocycles. The van der Waals surface area contributed by atoms with E-state index in [0.717, 1.165) is 31.1 Å². The smallest absolute Gasteiger partial charge is 0.241 e. The zero-order valence-corrected chi connectivity index (χ0v) is 16.8. The van der Waals surface area contributed by atoms with Crippen molar-refractivity contribution < 1.29 is 13.5 Å². The average molecular weight is 409 g/mol. The summed E-state index contributed by atoms with van der Waals surface area (Å²) in [6.45, 7) is 0. The van der Waals surface area contributed by atoms with E-state index in [4.69, 9.17) is 0 Å². The maximum Gasteiger partial charge on any atom is 0.241 e. The molecular weight excluding hydrogens is 384 g/mol. The summed E-state index contributed by atoms with van der Waals surface area (Å²) >= 11 is 0. The van der Waals surface area contributed by atoms with E-state index in [9.17, 15) is 13.5 Å². The van der Waals surface area contributed by atoms with Gasteiger partial charge >= 0.3 is 0 Å². The van der Waals surface area contributed by atoms with Gasteiger partial charge in [0.1, 0.15) is 5.75 Å². The van der Waals surface area contributed by atoms with Gasteiger partial charge in [-0.05, 0) is 36.4 Å². The first-order valence-corrected chi connectivity index (χ1v) is 11.3. The molecule has 0 aliphatic heterocycles. The summed E-state index contributed by atoms with van der Waals surface area (Å²) in [7, 11) is -3.68. The Labute approximate surface area is 171 Å². The second-order valence-electron chi connectivity index (χ2n) is 7.39. The van der Waals surface area contributed by atoms with Crippen molar-refractivity contribution in [2.45, 2.75) is 42.7 Å². The van der Waals surface area contributed by atoms with Crippen LogP contribution in [0.4, 0.5) is 0 Å². The number of fused-ring (bicyclic) bond motifs is 1. The van der Waals surface area contributed by atoms with Crippen molar-refractivity contribution in [2.24, 2.45) is 4.99 Å². The van der Waals surface area contributed by atoms with E-state index < -0.39 is 10.0 Å². The van der Waals surface area contributed by atoms with Crippen LogP contribution in [0.1, 0.15) is 31.2 Å². The summed E-state index contributed by atoms with van der Waals surface area (Å²) in [5.74, 6) is 0.167. The number of hydrogen-bond donors (Lipinski definition) is 2. The Hall–Kier alpha value is -2.70. The maximum absolute atomic E-state index is 13.2. The largest absolute Gasteiger partial charge is 0.507 e. The Morgan fingerprint density at radius 2 is 1.66 bits per heavy atom. The van der Waals surface area contributed by atoms with Gasteiger partial charge in [0.05, 0.1) is 10.9 Å². The molecule has 1 aliphatic carbocycles. The summed E-state index contributed by atoms with van der Waals surface area (Å²) in [5, 5.41) is 11.6. The SMILES string of the molecule is O=S(=O)(N[C@H]1CCCC[C@@H]1N=Cc1ccccc1O)c1cccc2ccccc12. The lowest BCUT2D eigenvalue weighted by atomic mass is 9.91. The number of hydrogen-bond acceptors (Lipinski definition) is 4. The summed E-state index contributed by atoms with van der Waals surface area (Å²) in [6.07, 6.45) is 5.17. The molecular formula is C23H24N2O3S. The van der Waals surface area contributed by atoms with Crippen LogP contribution in [0.15, 0.2) is 76.6 Å². The Kier molecular flexibility index (Phi) is 5.65. The van der Waals surface area contributed by atoms with Crippen LogP contribution < -0.4 is 4.72 Å². The lowest BCUT2D eigenvalue weighted by Gasteiger charge is -2.29. The Morgan fingerprint density at radius 1 is 0.931 bits per heavy atom. The third-order valence-electron chi connectivity index (χ3n) is 5.42. The van der Waals surface area contributed by atoms with E-state index in [0.29, 0.717) is 15.8 Å². The summed E-state index contributed by atoms with van der Waals surface area (Å²) in [5.41, 5.74) is 0.633. The molecule has 3 aromatic carbocycles. The second kappa shape index (κ2) is 8.35. The molecule has 0 amide bonds. The summed E-state index contributed by atoms with van der Waals surface area (Å²) < 4.78 is 29.3. The fraction of sp³-hybridized carbons (Fsp3) is 0.261. The molecule has 0 radical (unpaired) electrons. The predicted octanol–water partition coefficient (Wildman–Crippen LogP) is 4.25. The van der Waals surface area contributed by atoms with Crippen molar-refractivity contribution >= 4 is 27.0 Å². The molecule has 1 aliphatic rings. The number of aromatic hydroxyl groups is 1. The van der Waals surface area contributed by atoms with Crippen molar-refractivity contribution in [1.29, 1.82) is 0 Å². The average Bonchev–Trinajstić information content (AvgIpc) is 2.73. The molecule has 2 N–H and O–H groups in total. The van der Waals surface area contributed by atoms with Crippen molar-refractivity contribution in [3.05, 3.63) is 72.3 Å². The van der Waals surface area contributed by atoms with Crippen LogP contribution in [0.3, 0.4) is 0 Å². The highest BCUT2D eigenvalue weighted by molar-refractivity contribution is 7.89. The van der Waals surface area contributed by atoms with Crippen LogP contribution in [0.25, 0.3) is 10.8 Å². The normalized spacial score (nSPS) is 20.3. The van der Waals surface area contributed by atoms with Crippen molar-refractivity contribution in [2.75, 3.05) is 0 Å². The number of nitrogens with zero attached hydrogens (tertiary/aromatic N) is 1. The topological polar surface area (TPSA) is 78.8 Å². The zero-order chi connectivity index (χ0) is 20.3. The first kappa shape index (κ1) is 19.6. The molecule has 29 heavy (non-hydrogen) atoms. The van der Waals surface area contributed by atoms with E-state index in [2.05, 4.69) is 9.71 Å². The predicted molar refractivity (Wildman–Crippen MR) is 116 cm³/mol. The maximum atomic E-state index is 13.2. The summed E-state index contributed by atoms with van der Waals surface area (Å²) in [4.78, 5) is 4.92. The zero-order valence-electron chi connectivity index (χ0n) is 16.0. The van der Waals surface area contributed by atoms with E-state index in [-0.39, 0.29) is 17.8 Å². The molecule has 5 nitrogen and oxygen atoms in total. The Morgan fingerprint density at radius 3 is 2.52 bits per heavy atom. The highest BCUT2D eigenvalue weighted by Crippen LogP contribution is 2.27. The highest BCUT2D eigenvalue weighted by atomic mass is 32.2. The summed E-state index contributed by atoms with van der Waals surface area (Å²) in [6, 6.07) is 19.4. The van der Waals surface area contributed by atoms with Gasteiger partial charge in [0, 0.05) is 23.2 Å². The number of benzene rings is 3. The van der Waals surface area contributed by atoms with E-state index in [1.807, 2.05) is 36.4 Å². The van der Waals surface area contributed by atoms with Gasteiger partial charge in [-0.25, -0.2) is 13.1 Å². The molecule has 6 heteroatoms. The van der Waals surface area contributed by atoms with Gasteiger partial charge in [-0.15, -0.1) is 0 Å². The van der Waals surface area contributed by atoms with E-state index in [1.54, 1.807) is 36.5 Å². The fourth-order valence-corrected chi connectivity index (χ4v) is 5.43. The van der Waals surface area contributed by atoms with Crippen molar-refractivity contribution in [3.63, 3.8) is 0 Å². The number of para-hydroxylation sites is 1. The molecule has 0 bridgehead atoms. The van der Waals surface area contributed by atoms with Gasteiger partial charge in [0.2, 0.25) is 10.0 Å². The quantitative estimate of drug-likeness (QED) is 0.620. The molecule has 2 atom stereocenters. The van der Waals surface area contributed by atoms with Crippen LogP contribution in [-0.4, -0.2) is 31.8 Å². The monoisotopic (exact) mass is 408 g/mol. The van der Waals surface area contributed by atoms with Gasteiger partial charge in [-0.1, -0.05) is 61.4 Å². The molecule has 0 unspecified atom stereocenters. The van der Waals surface area contributed by atoms with E-state index in [1.165, 1.54) is 0 Å². The Bertz CT molecular complexity index is 1140. The van der Waals surface area contributed by atoms with Crippen LogP contribution >= 0.6 is 0 Å². The molecule has 3 aromatic rings. The van der Waals surface area contributed by atoms with Crippen LogP contribution in [0.2, 0.25) is 0 Å². The van der Waals surface area contributed by atoms with Gasteiger partial charge in [0.25, 0.3) is 0 Å². The van der Waals surface area contributed by atoms with Crippen molar-refractivity contribution in [3.8, 4) is 5.75 Å². The minimum atomic E-state index is -3.68. The van der Waals surface area contributed by atoms with Crippen molar-refractivity contribution in [1.82, 2.24) is 4.72 Å². The van der Waals surface area contributed by atoms with Gasteiger partial charge < -0.3 is 5.11 Å². The number of rotatable bonds is 5. The number of sulfonamides is 1. The van der Waals surface area contributed by atoms with E-state index >= 15 is 0 Å². The first-order valence-electron chi connectivity index (χ1n) is 9.86. The number of phenolic OH excluding ortho intramolecular Hbond substituents is 1. The van der Waals surface area contributed by atoms with Crippen LogP contribution in [0, 0.1) is 0 Å². The first-order chi connectivity index (χ1) is 14.0. The molecule has 1 saturated carbocycles. The molecule has 150 valence electrons. The minimum Gasteiger partial charge on any atom is -0.507 e. The van der Waals surface area contributed by atoms with Crippen LogP contribution in [-0.2, 0) is 10.0 Å². The van der Waals surface area contributed by atoms with Gasteiger partial charge in [0.15, 0.2) is 0 Å². The lowest BCUT2D eigenvalue weighted by Crippen LogP contribution is -2.44. The molecule has 1 fully saturated rings. The fourth-order valence-electron chi connectivity index (χ4n) is 3.89. The third-order valence-corrected chi connectivity index (χ3v) is 6.97. The molecule has 0 saturated heterocycles. The number of phenols is 1. The highest BCUT2D eigenvalue weighted by Gasteiger charge is 2.29. The van der Waals surface area contributed by atoms with Gasteiger partial charge in [-0.3, -0.25) is 4.99 Å². The molecule has 0 heterocycles. The van der Waals surface area contributed by atoms with Gasteiger partial charge in [-0.2, -0.15) is 0 Å². The lowest BCUT2D eigenvalue weighted by molar-refractivity contribution is 0.363. The molecule has 4 rings (SSSR count).